The number of aromatic nitrogens is 2. The molecular weight excluding hydrogens is 283 g/mol. The van der Waals surface area contributed by atoms with Gasteiger partial charge in [-0.05, 0) is 13.0 Å². The highest BCUT2D eigenvalue weighted by atomic mass is 19.4. The molecule has 0 radical (unpaired) electrons. The van der Waals surface area contributed by atoms with Crippen LogP contribution in [-0.2, 0) is 6.18 Å². The van der Waals surface area contributed by atoms with Crippen molar-refractivity contribution in [2.75, 3.05) is 5.73 Å². The smallest absolute Gasteiger partial charge is 0.433 e. The first kappa shape index (κ1) is 14.8. The number of benzene rings is 1. The summed E-state index contributed by atoms with van der Waals surface area (Å²) in [5.74, 6) is -0.378. The first-order valence-electron chi connectivity index (χ1n) is 6.01. The molecule has 2 N–H and O–H groups in total. The SMILES string of the molecule is C/C=C/c1ccccc1Oc1cc(C(F)(F)F)nc(N)n1. The van der Waals surface area contributed by atoms with Crippen LogP contribution in [-0.4, -0.2) is 9.97 Å². The summed E-state index contributed by atoms with van der Waals surface area (Å²) in [6, 6.07) is 7.60. The molecule has 1 aromatic carbocycles. The molecule has 110 valence electrons. The fourth-order valence-corrected chi connectivity index (χ4v) is 1.64. The van der Waals surface area contributed by atoms with Crippen molar-refractivity contribution in [3.8, 4) is 11.6 Å². The largest absolute Gasteiger partial charge is 0.438 e. The average Bonchev–Trinajstić information content (AvgIpc) is 2.40. The molecule has 0 atom stereocenters. The van der Waals surface area contributed by atoms with Crippen LogP contribution in [0.4, 0.5) is 19.1 Å². The molecule has 21 heavy (non-hydrogen) atoms. The summed E-state index contributed by atoms with van der Waals surface area (Å²) in [5, 5.41) is 0. The number of nitrogen functional groups attached to an aromatic ring is 1. The van der Waals surface area contributed by atoms with Crippen LogP contribution in [0.1, 0.15) is 18.2 Å². The Morgan fingerprint density at radius 2 is 1.90 bits per heavy atom. The third-order valence-electron chi connectivity index (χ3n) is 2.49. The second-order valence-electron chi connectivity index (χ2n) is 4.09. The Bertz CT molecular complexity index is 669. The van der Waals surface area contributed by atoms with Crippen LogP contribution in [0.3, 0.4) is 0 Å². The van der Waals surface area contributed by atoms with E-state index >= 15 is 0 Å². The van der Waals surface area contributed by atoms with E-state index in [1.807, 2.05) is 6.92 Å². The second kappa shape index (κ2) is 5.82. The molecule has 0 saturated heterocycles. The Hall–Kier alpha value is -2.57. The van der Waals surface area contributed by atoms with Crippen LogP contribution in [0.2, 0.25) is 0 Å². The van der Waals surface area contributed by atoms with E-state index in [1.165, 1.54) is 0 Å². The Kier molecular flexibility index (Phi) is 4.11. The van der Waals surface area contributed by atoms with Gasteiger partial charge in [-0.15, -0.1) is 0 Å². The predicted molar refractivity (Wildman–Crippen MR) is 72.7 cm³/mol. The zero-order valence-corrected chi connectivity index (χ0v) is 11.1. The number of ether oxygens (including phenoxy) is 1. The van der Waals surface area contributed by atoms with Crippen molar-refractivity contribution in [1.82, 2.24) is 9.97 Å². The fraction of sp³-hybridized carbons (Fsp3) is 0.143. The molecule has 0 fully saturated rings. The third-order valence-corrected chi connectivity index (χ3v) is 2.49. The van der Waals surface area contributed by atoms with Crippen LogP contribution in [0.15, 0.2) is 36.4 Å². The van der Waals surface area contributed by atoms with Gasteiger partial charge in [0.05, 0.1) is 0 Å². The van der Waals surface area contributed by atoms with Crippen molar-refractivity contribution in [1.29, 1.82) is 0 Å². The van der Waals surface area contributed by atoms with Crippen LogP contribution < -0.4 is 10.5 Å². The number of rotatable bonds is 3. The van der Waals surface area contributed by atoms with Gasteiger partial charge in [-0.25, -0.2) is 4.98 Å². The lowest BCUT2D eigenvalue weighted by Crippen LogP contribution is -2.11. The lowest BCUT2D eigenvalue weighted by molar-refractivity contribution is -0.141. The number of hydrogen-bond acceptors (Lipinski definition) is 4. The Balaban J connectivity index is 2.38. The van der Waals surface area contributed by atoms with Crippen molar-refractivity contribution < 1.29 is 17.9 Å². The van der Waals surface area contributed by atoms with Crippen LogP contribution in [0.25, 0.3) is 6.08 Å². The molecule has 0 saturated carbocycles. The van der Waals surface area contributed by atoms with Crippen molar-refractivity contribution >= 4 is 12.0 Å². The number of hydrogen-bond donors (Lipinski definition) is 1. The van der Waals surface area contributed by atoms with E-state index in [9.17, 15) is 13.2 Å². The Labute approximate surface area is 119 Å². The Morgan fingerprint density at radius 1 is 1.19 bits per heavy atom. The highest BCUT2D eigenvalue weighted by Gasteiger charge is 2.33. The van der Waals surface area contributed by atoms with Crippen LogP contribution in [0, 0.1) is 0 Å². The molecule has 0 aliphatic heterocycles. The number of anilines is 1. The maximum absolute atomic E-state index is 12.7. The van der Waals surface area contributed by atoms with Gasteiger partial charge >= 0.3 is 6.18 Å². The summed E-state index contributed by atoms with van der Waals surface area (Å²) in [5.41, 5.74) is 4.86. The first-order valence-corrected chi connectivity index (χ1v) is 6.01. The minimum atomic E-state index is -4.61. The first-order chi connectivity index (χ1) is 9.90. The van der Waals surface area contributed by atoms with E-state index < -0.39 is 17.8 Å². The van der Waals surface area contributed by atoms with Crippen molar-refractivity contribution in [3.63, 3.8) is 0 Å². The predicted octanol–water partition coefficient (Wildman–Crippen LogP) is 3.90. The summed E-state index contributed by atoms with van der Waals surface area (Å²) in [6.45, 7) is 1.82. The standard InChI is InChI=1S/C14H12F3N3O/c1-2-5-9-6-3-4-7-10(9)21-12-8-11(14(15,16)17)19-13(18)20-12/h2-8H,1H3,(H2,18,19,20)/b5-2+. The maximum Gasteiger partial charge on any atom is 0.433 e. The zero-order valence-electron chi connectivity index (χ0n) is 11.1. The quantitative estimate of drug-likeness (QED) is 0.932. The molecule has 0 bridgehead atoms. The highest BCUT2D eigenvalue weighted by molar-refractivity contribution is 5.57. The van der Waals surface area contributed by atoms with E-state index in [4.69, 9.17) is 10.5 Å². The minimum Gasteiger partial charge on any atom is -0.438 e. The topological polar surface area (TPSA) is 61.0 Å². The molecule has 0 spiro atoms. The molecule has 4 nitrogen and oxygen atoms in total. The molecule has 0 amide bonds. The Morgan fingerprint density at radius 3 is 2.57 bits per heavy atom. The molecule has 0 aliphatic carbocycles. The summed E-state index contributed by atoms with van der Waals surface area (Å²) in [6.07, 6.45) is -1.06. The van der Waals surface area contributed by atoms with E-state index in [0.717, 1.165) is 0 Å². The van der Waals surface area contributed by atoms with Gasteiger partial charge in [0.25, 0.3) is 0 Å². The van der Waals surface area contributed by atoms with Gasteiger partial charge in [0.15, 0.2) is 5.69 Å². The number of halogens is 3. The molecule has 0 aliphatic rings. The summed E-state index contributed by atoms with van der Waals surface area (Å²) in [7, 11) is 0. The minimum absolute atomic E-state index is 0.258. The second-order valence-corrected chi connectivity index (χ2v) is 4.09. The van der Waals surface area contributed by atoms with Crippen LogP contribution >= 0.6 is 0 Å². The molecule has 2 aromatic rings. The van der Waals surface area contributed by atoms with Gasteiger partial charge in [-0.2, -0.15) is 18.2 Å². The zero-order chi connectivity index (χ0) is 15.5. The van der Waals surface area contributed by atoms with Gasteiger partial charge < -0.3 is 10.5 Å². The van der Waals surface area contributed by atoms with Gasteiger partial charge in [-0.3, -0.25) is 0 Å². The molecular formula is C14H12F3N3O. The molecule has 1 aromatic heterocycles. The summed E-state index contributed by atoms with van der Waals surface area (Å²) in [4.78, 5) is 6.82. The van der Waals surface area contributed by atoms with Gasteiger partial charge in [0.1, 0.15) is 5.75 Å². The molecule has 1 heterocycles. The third kappa shape index (κ3) is 3.71. The van der Waals surface area contributed by atoms with E-state index in [-0.39, 0.29) is 5.88 Å². The number of allylic oxidation sites excluding steroid dienone is 1. The summed E-state index contributed by atoms with van der Waals surface area (Å²) < 4.78 is 43.4. The van der Waals surface area contributed by atoms with Crippen molar-refractivity contribution in [2.45, 2.75) is 13.1 Å². The highest BCUT2D eigenvalue weighted by Crippen LogP contribution is 2.32. The fourth-order valence-electron chi connectivity index (χ4n) is 1.64. The van der Waals surface area contributed by atoms with Crippen molar-refractivity contribution in [3.05, 3.63) is 47.7 Å². The summed E-state index contributed by atoms with van der Waals surface area (Å²) >= 11 is 0. The van der Waals surface area contributed by atoms with Gasteiger partial charge in [0.2, 0.25) is 11.8 Å². The molecule has 7 heteroatoms. The van der Waals surface area contributed by atoms with Crippen molar-refractivity contribution in [2.24, 2.45) is 0 Å². The number of alkyl halides is 3. The lowest BCUT2D eigenvalue weighted by Gasteiger charge is -2.11. The number of nitrogens with two attached hydrogens (primary N) is 1. The van der Waals surface area contributed by atoms with E-state index in [2.05, 4.69) is 9.97 Å². The molecule has 2 rings (SSSR count). The van der Waals surface area contributed by atoms with Gasteiger partial charge in [0, 0.05) is 11.6 Å². The van der Waals surface area contributed by atoms with Gasteiger partial charge in [-0.1, -0.05) is 30.4 Å². The monoisotopic (exact) mass is 295 g/mol. The van der Waals surface area contributed by atoms with E-state index in [0.29, 0.717) is 17.4 Å². The molecule has 0 unspecified atom stereocenters. The van der Waals surface area contributed by atoms with Crippen LogP contribution in [0.5, 0.6) is 11.6 Å². The van der Waals surface area contributed by atoms with E-state index in [1.54, 1.807) is 36.4 Å². The average molecular weight is 295 g/mol. The maximum atomic E-state index is 12.7. The lowest BCUT2D eigenvalue weighted by atomic mass is 10.2. The number of nitrogens with zero attached hydrogens (tertiary/aromatic N) is 2. The normalized spacial score (nSPS) is 11.8. The number of para-hydroxylation sites is 1.